The molecule has 4 fully saturated rings. The Labute approximate surface area is 236 Å². The first-order valence-electron chi connectivity index (χ1n) is 15.6. The molecule has 4 aliphatic carbocycles. The van der Waals surface area contributed by atoms with Crippen molar-refractivity contribution in [1.82, 2.24) is 0 Å². The zero-order valence-corrected chi connectivity index (χ0v) is 24.5. The molecule has 0 heterocycles. The number of ether oxygens (including phenoxy) is 1. The fraction of sp³-hybridized carbons (Fsp3) is 0.735. The second-order valence-corrected chi connectivity index (χ2v) is 13.2. The van der Waals surface area contributed by atoms with Gasteiger partial charge in [0.05, 0.1) is 30.3 Å². The Morgan fingerprint density at radius 1 is 1.13 bits per heavy atom. The second kappa shape index (κ2) is 12.9. The van der Waals surface area contributed by atoms with Crippen molar-refractivity contribution < 1.29 is 24.9 Å². The number of aliphatic hydroxyl groups is 3. The minimum atomic E-state index is -0.782. The number of esters is 1. The van der Waals surface area contributed by atoms with Gasteiger partial charge in [-0.3, -0.25) is 4.79 Å². The molecule has 0 saturated heterocycles. The summed E-state index contributed by atoms with van der Waals surface area (Å²) in [4.78, 5) is 12.7. The van der Waals surface area contributed by atoms with E-state index >= 15 is 0 Å². The van der Waals surface area contributed by atoms with Crippen molar-refractivity contribution in [1.29, 1.82) is 0 Å². The topological polar surface area (TPSA) is 87.0 Å². The van der Waals surface area contributed by atoms with E-state index in [0.29, 0.717) is 50.0 Å². The Bertz CT molecular complexity index is 972. The van der Waals surface area contributed by atoms with E-state index in [1.807, 2.05) is 6.08 Å². The van der Waals surface area contributed by atoms with Gasteiger partial charge in [0.15, 0.2) is 0 Å². The standard InChI is InChI=1S/C34H52O5/c1-5-6-7-8-20-39-32(38)34(18-19-34)31(37)16-11-23(2)28-14-15-29-25(10-9-17-33(28,29)4)12-13-26-21-27(35)22-30(36)24(26)3/h11-13,16,23,27-31,35-37H,3,5-10,14-15,17-22H2,1-2,4H3/b16-11+,25-12+,26-13-/t23-,27-,28-,29+,30+,31-,33-/m1/s1. The van der Waals surface area contributed by atoms with Crippen LogP contribution in [-0.2, 0) is 9.53 Å². The first-order chi connectivity index (χ1) is 18.6. The van der Waals surface area contributed by atoms with Crippen LogP contribution in [0.5, 0.6) is 0 Å². The second-order valence-electron chi connectivity index (χ2n) is 13.2. The summed E-state index contributed by atoms with van der Waals surface area (Å²) in [5, 5.41) is 31.3. The van der Waals surface area contributed by atoms with Gasteiger partial charge in [0.2, 0.25) is 0 Å². The highest BCUT2D eigenvalue weighted by molar-refractivity contribution is 5.81. The maximum absolute atomic E-state index is 12.7. The van der Waals surface area contributed by atoms with Crippen LogP contribution in [0.1, 0.15) is 104 Å². The maximum atomic E-state index is 12.7. The first-order valence-corrected chi connectivity index (χ1v) is 15.6. The van der Waals surface area contributed by atoms with Crippen molar-refractivity contribution >= 4 is 5.97 Å². The van der Waals surface area contributed by atoms with Crippen LogP contribution >= 0.6 is 0 Å². The van der Waals surface area contributed by atoms with Gasteiger partial charge in [0, 0.05) is 6.42 Å². The molecule has 0 unspecified atom stereocenters. The van der Waals surface area contributed by atoms with Crippen LogP contribution < -0.4 is 0 Å². The summed E-state index contributed by atoms with van der Waals surface area (Å²) in [6.45, 7) is 11.4. The van der Waals surface area contributed by atoms with E-state index in [4.69, 9.17) is 4.74 Å². The first kappa shape index (κ1) is 30.3. The molecule has 0 aromatic heterocycles. The molecule has 39 heavy (non-hydrogen) atoms. The molecule has 4 saturated carbocycles. The van der Waals surface area contributed by atoms with E-state index in [2.05, 4.69) is 45.6 Å². The van der Waals surface area contributed by atoms with Gasteiger partial charge < -0.3 is 20.1 Å². The minimum absolute atomic E-state index is 0.203. The van der Waals surface area contributed by atoms with Crippen molar-refractivity contribution in [3.05, 3.63) is 47.6 Å². The lowest BCUT2D eigenvalue weighted by Gasteiger charge is -2.44. The van der Waals surface area contributed by atoms with Crippen molar-refractivity contribution in [2.24, 2.45) is 28.6 Å². The Kier molecular flexibility index (Phi) is 9.99. The minimum Gasteiger partial charge on any atom is -0.465 e. The molecule has 0 spiro atoms. The summed E-state index contributed by atoms with van der Waals surface area (Å²) in [6.07, 6.45) is 18.9. The third-order valence-corrected chi connectivity index (χ3v) is 10.5. The molecule has 218 valence electrons. The number of allylic oxidation sites excluding steroid dienone is 4. The smallest absolute Gasteiger partial charge is 0.315 e. The molecule has 0 aliphatic heterocycles. The van der Waals surface area contributed by atoms with Gasteiger partial charge in [-0.2, -0.15) is 0 Å². The fourth-order valence-corrected chi connectivity index (χ4v) is 7.80. The van der Waals surface area contributed by atoms with Gasteiger partial charge >= 0.3 is 5.97 Å². The Hall–Kier alpha value is -1.69. The zero-order valence-electron chi connectivity index (χ0n) is 24.5. The predicted octanol–water partition coefficient (Wildman–Crippen LogP) is 6.58. The van der Waals surface area contributed by atoms with Crippen LogP contribution in [0.2, 0.25) is 0 Å². The maximum Gasteiger partial charge on any atom is 0.315 e. The molecule has 0 aromatic rings. The predicted molar refractivity (Wildman–Crippen MR) is 156 cm³/mol. The lowest BCUT2D eigenvalue weighted by atomic mass is 9.61. The molecule has 7 atom stereocenters. The molecule has 4 rings (SSSR count). The number of hydrogen-bond acceptors (Lipinski definition) is 5. The Morgan fingerprint density at radius 2 is 1.90 bits per heavy atom. The molecule has 3 N–H and O–H groups in total. The highest BCUT2D eigenvalue weighted by Gasteiger charge is 2.56. The largest absolute Gasteiger partial charge is 0.465 e. The van der Waals surface area contributed by atoms with E-state index in [0.717, 1.165) is 62.5 Å². The van der Waals surface area contributed by atoms with Gasteiger partial charge in [0.25, 0.3) is 0 Å². The van der Waals surface area contributed by atoms with Gasteiger partial charge in [-0.1, -0.05) is 76.5 Å². The van der Waals surface area contributed by atoms with Gasteiger partial charge in [-0.15, -0.1) is 0 Å². The van der Waals surface area contributed by atoms with Crippen LogP contribution in [0.25, 0.3) is 0 Å². The highest BCUT2D eigenvalue weighted by atomic mass is 16.5. The van der Waals surface area contributed by atoms with Crippen LogP contribution in [-0.4, -0.2) is 46.2 Å². The van der Waals surface area contributed by atoms with E-state index in [9.17, 15) is 20.1 Å². The van der Waals surface area contributed by atoms with Crippen molar-refractivity contribution in [3.63, 3.8) is 0 Å². The molecule has 4 aliphatic rings. The third-order valence-electron chi connectivity index (χ3n) is 10.5. The molecule has 0 bridgehead atoms. The number of unbranched alkanes of at least 4 members (excludes halogenated alkanes) is 3. The van der Waals surface area contributed by atoms with Crippen molar-refractivity contribution in [3.8, 4) is 0 Å². The van der Waals surface area contributed by atoms with Crippen molar-refractivity contribution in [2.75, 3.05) is 6.61 Å². The highest BCUT2D eigenvalue weighted by Crippen LogP contribution is 2.59. The van der Waals surface area contributed by atoms with Gasteiger partial charge in [-0.25, -0.2) is 0 Å². The fourth-order valence-electron chi connectivity index (χ4n) is 7.80. The molecular weight excluding hydrogens is 488 g/mol. The average molecular weight is 541 g/mol. The van der Waals surface area contributed by atoms with Crippen LogP contribution in [0, 0.1) is 28.6 Å². The van der Waals surface area contributed by atoms with E-state index in [-0.39, 0.29) is 11.4 Å². The Morgan fingerprint density at radius 3 is 2.62 bits per heavy atom. The summed E-state index contributed by atoms with van der Waals surface area (Å²) in [6, 6.07) is 0. The number of aliphatic hydroxyl groups excluding tert-OH is 3. The summed E-state index contributed by atoms with van der Waals surface area (Å²) >= 11 is 0. The van der Waals surface area contributed by atoms with Gasteiger partial charge in [-0.05, 0) is 92.1 Å². The van der Waals surface area contributed by atoms with Crippen molar-refractivity contribution in [2.45, 2.75) is 123 Å². The van der Waals surface area contributed by atoms with Crippen LogP contribution in [0.3, 0.4) is 0 Å². The normalized spacial score (nSPS) is 35.8. The Balaban J connectivity index is 1.37. The molecule has 5 nitrogen and oxygen atoms in total. The zero-order chi connectivity index (χ0) is 28.2. The van der Waals surface area contributed by atoms with Gasteiger partial charge in [0.1, 0.15) is 0 Å². The van der Waals surface area contributed by atoms with Crippen LogP contribution in [0.4, 0.5) is 0 Å². The molecule has 0 radical (unpaired) electrons. The summed E-state index contributed by atoms with van der Waals surface area (Å²) in [5.41, 5.74) is 2.66. The summed E-state index contributed by atoms with van der Waals surface area (Å²) < 4.78 is 5.55. The average Bonchev–Trinajstić information content (AvgIpc) is 3.64. The third kappa shape index (κ3) is 6.63. The molecule has 0 aromatic carbocycles. The summed E-state index contributed by atoms with van der Waals surface area (Å²) in [5.74, 6) is 1.14. The number of carbonyl (C=O) groups excluding carboxylic acids is 1. The lowest BCUT2D eigenvalue weighted by molar-refractivity contribution is -0.153. The molecular formula is C34H52O5. The monoisotopic (exact) mass is 540 g/mol. The number of fused-ring (bicyclic) bond motifs is 1. The SMILES string of the molecule is C=C1/C(=C\C=C2/CCC[C@]3(C)[C@@H]([C@H](C)/C=C/[C@@H](O)C4(C(=O)OCCCCCC)CC4)CC[C@@H]23)C[C@@H](O)C[C@@H]1O. The molecule has 5 heteroatoms. The summed E-state index contributed by atoms with van der Waals surface area (Å²) in [7, 11) is 0. The van der Waals surface area contributed by atoms with Crippen LogP contribution in [0.15, 0.2) is 47.6 Å². The number of rotatable bonds is 11. The van der Waals surface area contributed by atoms with E-state index in [1.54, 1.807) is 0 Å². The van der Waals surface area contributed by atoms with E-state index in [1.165, 1.54) is 12.0 Å². The lowest BCUT2D eigenvalue weighted by Crippen LogP contribution is -2.36. The quantitative estimate of drug-likeness (QED) is 0.156. The number of hydrogen-bond donors (Lipinski definition) is 3. The van der Waals surface area contributed by atoms with E-state index < -0.39 is 23.7 Å². The molecule has 0 amide bonds. The number of carbonyl (C=O) groups is 1.